The molecule has 0 fully saturated rings. The van der Waals surface area contributed by atoms with E-state index in [0.717, 1.165) is 31.6 Å². The Balaban J connectivity index is 2.98. The van der Waals surface area contributed by atoms with E-state index in [-0.39, 0.29) is 5.96 Å². The van der Waals surface area contributed by atoms with Crippen LogP contribution >= 0.6 is 12.6 Å². The molecule has 0 bridgehead atoms. The Hall–Kier alpha value is -0.380. The summed E-state index contributed by atoms with van der Waals surface area (Å²) in [6, 6.07) is 0. The third-order valence-corrected chi connectivity index (χ3v) is 1.43. The van der Waals surface area contributed by atoms with Crippen LogP contribution in [0.2, 0.25) is 0 Å². The maximum Gasteiger partial charge on any atom is 0.185 e. The van der Waals surface area contributed by atoms with E-state index < -0.39 is 0 Å². The van der Waals surface area contributed by atoms with Gasteiger partial charge in [-0.15, -0.1) is 0 Å². The Morgan fingerprint density at radius 1 is 1.20 bits per heavy atom. The van der Waals surface area contributed by atoms with Gasteiger partial charge in [0.2, 0.25) is 0 Å². The molecule has 0 radical (unpaired) electrons. The summed E-state index contributed by atoms with van der Waals surface area (Å²) in [5.41, 5.74) is 10.2. The van der Waals surface area contributed by atoms with Gasteiger partial charge in [-0.25, -0.2) is 0 Å². The van der Waals surface area contributed by atoms with Crippen LogP contribution in [0.5, 0.6) is 0 Å². The predicted molar refractivity (Wildman–Crippen MR) is 48.4 cm³/mol. The highest BCUT2D eigenvalue weighted by molar-refractivity contribution is 7.80. The second-order valence-corrected chi connectivity index (χ2v) is 2.54. The average Bonchev–Trinajstić information content (AvgIpc) is 1.87. The van der Waals surface area contributed by atoms with Crippen LogP contribution in [0.15, 0.2) is 4.99 Å². The number of nitrogens with two attached hydrogens (primary N) is 2. The molecule has 3 nitrogen and oxygen atoms in total. The number of unbranched alkanes of at least 4 members (excludes halogenated alkanes) is 2. The largest absolute Gasteiger partial charge is 0.370 e. The molecule has 0 heterocycles. The monoisotopic (exact) mass is 161 g/mol. The lowest BCUT2D eigenvalue weighted by atomic mass is 10.2. The van der Waals surface area contributed by atoms with Crippen molar-refractivity contribution in [2.75, 3.05) is 12.3 Å². The first-order valence-electron chi connectivity index (χ1n) is 3.43. The van der Waals surface area contributed by atoms with Gasteiger partial charge in [0.15, 0.2) is 5.96 Å². The second-order valence-electron chi connectivity index (χ2n) is 2.09. The molecule has 0 spiro atoms. The average molecular weight is 161 g/mol. The molecule has 0 aliphatic carbocycles. The van der Waals surface area contributed by atoms with Crippen LogP contribution in [0.3, 0.4) is 0 Å². The molecule has 0 saturated heterocycles. The summed E-state index contributed by atoms with van der Waals surface area (Å²) in [6.07, 6.45) is 3.35. The molecule has 0 amide bonds. The number of guanidine groups is 1. The number of hydrogen-bond acceptors (Lipinski definition) is 2. The molecule has 0 aromatic carbocycles. The van der Waals surface area contributed by atoms with Gasteiger partial charge in [0, 0.05) is 6.54 Å². The maximum atomic E-state index is 5.12. The third-order valence-electron chi connectivity index (χ3n) is 1.11. The van der Waals surface area contributed by atoms with Crippen molar-refractivity contribution in [1.29, 1.82) is 0 Å². The molecule has 0 rings (SSSR count). The maximum absolute atomic E-state index is 5.12. The van der Waals surface area contributed by atoms with E-state index in [9.17, 15) is 0 Å². The van der Waals surface area contributed by atoms with Crippen molar-refractivity contribution in [3.63, 3.8) is 0 Å². The summed E-state index contributed by atoms with van der Waals surface area (Å²) < 4.78 is 0. The van der Waals surface area contributed by atoms with E-state index in [1.807, 2.05) is 0 Å². The van der Waals surface area contributed by atoms with Gasteiger partial charge in [-0.05, 0) is 18.6 Å². The van der Waals surface area contributed by atoms with E-state index in [4.69, 9.17) is 11.5 Å². The van der Waals surface area contributed by atoms with Crippen LogP contribution in [-0.2, 0) is 0 Å². The number of hydrogen-bond donors (Lipinski definition) is 3. The molecule has 4 N–H and O–H groups in total. The van der Waals surface area contributed by atoms with Gasteiger partial charge in [-0.2, -0.15) is 12.6 Å². The first-order valence-corrected chi connectivity index (χ1v) is 4.07. The van der Waals surface area contributed by atoms with Gasteiger partial charge in [0.1, 0.15) is 0 Å². The zero-order chi connectivity index (χ0) is 7.82. The van der Waals surface area contributed by atoms with Crippen molar-refractivity contribution < 1.29 is 0 Å². The lowest BCUT2D eigenvalue weighted by Gasteiger charge is -1.94. The lowest BCUT2D eigenvalue weighted by molar-refractivity contribution is 0.733. The van der Waals surface area contributed by atoms with E-state index >= 15 is 0 Å². The Bertz CT molecular complexity index is 99.2. The van der Waals surface area contributed by atoms with E-state index in [1.54, 1.807) is 0 Å². The van der Waals surface area contributed by atoms with Crippen molar-refractivity contribution >= 4 is 18.6 Å². The standard InChI is InChI=1S/C6H15N3S/c7-6(8)9-4-2-1-3-5-10/h10H,1-5H2,(H4,7,8,9). The summed E-state index contributed by atoms with van der Waals surface area (Å²) >= 11 is 4.08. The molecule has 0 aliphatic rings. The van der Waals surface area contributed by atoms with E-state index in [1.165, 1.54) is 0 Å². The summed E-state index contributed by atoms with van der Waals surface area (Å²) in [4.78, 5) is 3.84. The van der Waals surface area contributed by atoms with Crippen LogP contribution in [-0.4, -0.2) is 18.3 Å². The topological polar surface area (TPSA) is 64.4 Å². The molecular formula is C6H15N3S. The summed E-state index contributed by atoms with van der Waals surface area (Å²) in [5, 5.41) is 0. The van der Waals surface area contributed by atoms with Crippen LogP contribution in [0.4, 0.5) is 0 Å². The molecule has 10 heavy (non-hydrogen) atoms. The highest BCUT2D eigenvalue weighted by Gasteiger charge is 1.85. The zero-order valence-corrected chi connectivity index (χ0v) is 6.98. The molecular weight excluding hydrogens is 146 g/mol. The van der Waals surface area contributed by atoms with E-state index in [0.29, 0.717) is 0 Å². The van der Waals surface area contributed by atoms with Gasteiger partial charge >= 0.3 is 0 Å². The van der Waals surface area contributed by atoms with Crippen LogP contribution in [0.25, 0.3) is 0 Å². The number of rotatable bonds is 5. The molecule has 0 atom stereocenters. The molecule has 0 aromatic rings. The smallest absolute Gasteiger partial charge is 0.185 e. The Morgan fingerprint density at radius 3 is 2.40 bits per heavy atom. The number of nitrogens with zero attached hydrogens (tertiary/aromatic N) is 1. The molecule has 0 aliphatic heterocycles. The SMILES string of the molecule is NC(N)=NCCCCCS. The van der Waals surface area contributed by atoms with Crippen LogP contribution in [0.1, 0.15) is 19.3 Å². The van der Waals surface area contributed by atoms with Gasteiger partial charge in [0.25, 0.3) is 0 Å². The van der Waals surface area contributed by atoms with Crippen molar-refractivity contribution in [2.45, 2.75) is 19.3 Å². The third kappa shape index (κ3) is 7.62. The molecule has 4 heteroatoms. The van der Waals surface area contributed by atoms with Gasteiger partial charge in [-0.1, -0.05) is 6.42 Å². The Kier molecular flexibility index (Phi) is 6.48. The highest BCUT2D eigenvalue weighted by Crippen LogP contribution is 1.96. The van der Waals surface area contributed by atoms with Gasteiger partial charge in [-0.3, -0.25) is 4.99 Å². The summed E-state index contributed by atoms with van der Waals surface area (Å²) in [7, 11) is 0. The minimum atomic E-state index is 0.186. The summed E-state index contributed by atoms with van der Waals surface area (Å²) in [6.45, 7) is 0.746. The fourth-order valence-corrected chi connectivity index (χ4v) is 0.832. The fraction of sp³-hybridized carbons (Fsp3) is 0.833. The van der Waals surface area contributed by atoms with Gasteiger partial charge in [0.05, 0.1) is 0 Å². The fourth-order valence-electron chi connectivity index (χ4n) is 0.609. The molecule has 0 unspecified atom stereocenters. The number of thiol groups is 1. The molecule has 0 aromatic heterocycles. The van der Waals surface area contributed by atoms with Crippen molar-refractivity contribution in [3.05, 3.63) is 0 Å². The van der Waals surface area contributed by atoms with Crippen molar-refractivity contribution in [1.82, 2.24) is 0 Å². The molecule has 60 valence electrons. The minimum Gasteiger partial charge on any atom is -0.370 e. The minimum absolute atomic E-state index is 0.186. The highest BCUT2D eigenvalue weighted by atomic mass is 32.1. The first kappa shape index (κ1) is 9.62. The van der Waals surface area contributed by atoms with E-state index in [2.05, 4.69) is 17.6 Å². The van der Waals surface area contributed by atoms with Gasteiger partial charge < -0.3 is 11.5 Å². The number of aliphatic imine (C=N–C) groups is 1. The van der Waals surface area contributed by atoms with Crippen molar-refractivity contribution in [2.24, 2.45) is 16.5 Å². The lowest BCUT2D eigenvalue weighted by Crippen LogP contribution is -2.22. The normalized spacial score (nSPS) is 9.30. The first-order chi connectivity index (χ1) is 4.77. The van der Waals surface area contributed by atoms with Crippen LogP contribution in [0, 0.1) is 0 Å². The Morgan fingerprint density at radius 2 is 1.90 bits per heavy atom. The molecule has 0 saturated carbocycles. The Labute approximate surface area is 67.3 Å². The van der Waals surface area contributed by atoms with Crippen molar-refractivity contribution in [3.8, 4) is 0 Å². The quantitative estimate of drug-likeness (QED) is 0.236. The summed E-state index contributed by atoms with van der Waals surface area (Å²) in [5.74, 6) is 1.13. The van der Waals surface area contributed by atoms with Crippen LogP contribution < -0.4 is 11.5 Å². The predicted octanol–water partition coefficient (Wildman–Crippen LogP) is 0.360. The second kappa shape index (κ2) is 6.74. The zero-order valence-electron chi connectivity index (χ0n) is 6.08.